The van der Waals surface area contributed by atoms with E-state index in [1.165, 1.54) is 18.3 Å². The molecular formula is C12H10FN3O4S. The molecule has 4 N–H and O–H groups in total. The second-order valence-corrected chi connectivity index (χ2v) is 5.62. The van der Waals surface area contributed by atoms with Crippen LogP contribution in [0.2, 0.25) is 0 Å². The summed E-state index contributed by atoms with van der Waals surface area (Å²) < 4.78 is 36.0. The minimum Gasteiger partial charge on any atom is -0.328 e. The van der Waals surface area contributed by atoms with Crippen LogP contribution in [0.1, 0.15) is 10.4 Å². The number of sulfonamides is 1. The standard InChI is InChI=1S/C12H10FN3O4S/c13-9-4-3-7(21(14,19)20)6-10(9)16-12(18)8-2-1-5-15-11(8)17/h1-6H,(H,15,17)(H,16,18)(H2,14,19,20). The predicted molar refractivity (Wildman–Crippen MR) is 72.8 cm³/mol. The molecule has 0 saturated heterocycles. The average Bonchev–Trinajstić information content (AvgIpc) is 2.40. The third kappa shape index (κ3) is 3.33. The molecule has 0 aliphatic heterocycles. The lowest BCUT2D eigenvalue weighted by Crippen LogP contribution is -2.23. The van der Waals surface area contributed by atoms with E-state index in [9.17, 15) is 22.4 Å². The molecule has 9 heteroatoms. The number of pyridine rings is 1. The number of halogens is 1. The third-order valence-corrected chi connectivity index (χ3v) is 3.49. The lowest BCUT2D eigenvalue weighted by molar-refractivity contribution is 0.102. The lowest BCUT2D eigenvalue weighted by atomic mass is 10.2. The summed E-state index contributed by atoms with van der Waals surface area (Å²) in [4.78, 5) is 25.2. The zero-order valence-corrected chi connectivity index (χ0v) is 11.3. The molecule has 1 aromatic carbocycles. The van der Waals surface area contributed by atoms with Crippen LogP contribution in [0.5, 0.6) is 0 Å². The first-order chi connectivity index (χ1) is 9.79. The number of hydrogen-bond donors (Lipinski definition) is 3. The molecule has 0 saturated carbocycles. The van der Waals surface area contributed by atoms with Crippen molar-refractivity contribution in [2.24, 2.45) is 5.14 Å². The van der Waals surface area contributed by atoms with Gasteiger partial charge >= 0.3 is 0 Å². The van der Waals surface area contributed by atoms with Gasteiger partial charge in [-0.15, -0.1) is 0 Å². The van der Waals surface area contributed by atoms with Crippen LogP contribution in [0, 0.1) is 5.82 Å². The van der Waals surface area contributed by atoms with E-state index < -0.39 is 33.0 Å². The van der Waals surface area contributed by atoms with E-state index in [0.29, 0.717) is 0 Å². The van der Waals surface area contributed by atoms with Crippen molar-refractivity contribution in [1.29, 1.82) is 0 Å². The van der Waals surface area contributed by atoms with Crippen molar-refractivity contribution in [2.45, 2.75) is 4.90 Å². The normalized spacial score (nSPS) is 11.1. The second kappa shape index (κ2) is 5.46. The number of benzene rings is 1. The summed E-state index contributed by atoms with van der Waals surface area (Å²) >= 11 is 0. The second-order valence-electron chi connectivity index (χ2n) is 4.05. The molecule has 0 spiro atoms. The van der Waals surface area contributed by atoms with E-state index in [1.54, 1.807) is 0 Å². The maximum atomic E-state index is 13.6. The highest BCUT2D eigenvalue weighted by molar-refractivity contribution is 7.89. The van der Waals surface area contributed by atoms with Crippen molar-refractivity contribution < 1.29 is 17.6 Å². The van der Waals surface area contributed by atoms with Gasteiger partial charge in [-0.2, -0.15) is 0 Å². The molecule has 1 amide bonds. The van der Waals surface area contributed by atoms with E-state index >= 15 is 0 Å². The molecule has 2 rings (SSSR count). The summed E-state index contributed by atoms with van der Waals surface area (Å²) in [5.41, 5.74) is -1.29. The van der Waals surface area contributed by atoms with Crippen LogP contribution in [-0.2, 0) is 10.0 Å². The average molecular weight is 311 g/mol. The van der Waals surface area contributed by atoms with Crippen molar-refractivity contribution >= 4 is 21.6 Å². The van der Waals surface area contributed by atoms with E-state index in [1.807, 2.05) is 0 Å². The number of H-pyrrole nitrogens is 1. The van der Waals surface area contributed by atoms with Crippen molar-refractivity contribution in [3.05, 3.63) is 58.3 Å². The highest BCUT2D eigenvalue weighted by atomic mass is 32.2. The van der Waals surface area contributed by atoms with Gasteiger partial charge < -0.3 is 10.3 Å². The number of aromatic nitrogens is 1. The Kier molecular flexibility index (Phi) is 3.87. The molecule has 0 bridgehead atoms. The minimum atomic E-state index is -4.04. The molecule has 0 radical (unpaired) electrons. The maximum absolute atomic E-state index is 13.6. The van der Waals surface area contributed by atoms with Crippen LogP contribution in [-0.4, -0.2) is 19.3 Å². The fourth-order valence-corrected chi connectivity index (χ4v) is 2.11. The van der Waals surface area contributed by atoms with Gasteiger partial charge in [-0.1, -0.05) is 0 Å². The van der Waals surface area contributed by atoms with E-state index in [-0.39, 0.29) is 10.5 Å². The molecule has 21 heavy (non-hydrogen) atoms. The predicted octanol–water partition coefficient (Wildman–Crippen LogP) is 0.414. The lowest BCUT2D eigenvalue weighted by Gasteiger charge is -2.07. The van der Waals surface area contributed by atoms with Crippen molar-refractivity contribution in [2.75, 3.05) is 5.32 Å². The Labute approximate surface area is 118 Å². The number of aromatic amines is 1. The van der Waals surface area contributed by atoms with Gasteiger partial charge in [0.15, 0.2) is 0 Å². The number of amides is 1. The molecule has 7 nitrogen and oxygen atoms in total. The van der Waals surface area contributed by atoms with Gasteiger partial charge in [0.2, 0.25) is 10.0 Å². The monoisotopic (exact) mass is 311 g/mol. The Bertz CT molecular complexity index is 861. The van der Waals surface area contributed by atoms with Crippen molar-refractivity contribution in [1.82, 2.24) is 4.98 Å². The van der Waals surface area contributed by atoms with Gasteiger partial charge in [0.1, 0.15) is 11.4 Å². The number of anilines is 1. The maximum Gasteiger partial charge on any atom is 0.261 e. The Balaban J connectivity index is 2.38. The Morgan fingerprint density at radius 1 is 1.29 bits per heavy atom. The van der Waals surface area contributed by atoms with E-state index in [0.717, 1.165) is 18.2 Å². The fourth-order valence-electron chi connectivity index (χ4n) is 1.57. The molecule has 0 aliphatic carbocycles. The summed E-state index contributed by atoms with van der Waals surface area (Å²) in [5.74, 6) is -1.73. The molecule has 0 unspecified atom stereocenters. The number of rotatable bonds is 3. The van der Waals surface area contributed by atoms with Crippen molar-refractivity contribution in [3.63, 3.8) is 0 Å². The summed E-state index contributed by atoms with van der Waals surface area (Å²) in [6.45, 7) is 0. The number of nitrogens with two attached hydrogens (primary N) is 1. The molecule has 1 heterocycles. The quantitative estimate of drug-likeness (QED) is 0.760. The minimum absolute atomic E-state index is 0.238. The summed E-state index contributed by atoms with van der Waals surface area (Å²) in [5, 5.41) is 7.05. The van der Waals surface area contributed by atoms with Crippen LogP contribution in [0.3, 0.4) is 0 Å². The summed E-state index contributed by atoms with van der Waals surface area (Å²) in [6.07, 6.45) is 1.33. The Hall–Kier alpha value is -2.52. The van der Waals surface area contributed by atoms with Crippen LogP contribution in [0.25, 0.3) is 0 Å². The van der Waals surface area contributed by atoms with Crippen LogP contribution in [0.4, 0.5) is 10.1 Å². The molecular weight excluding hydrogens is 301 g/mol. The number of carbonyl (C=O) groups is 1. The van der Waals surface area contributed by atoms with E-state index in [2.05, 4.69) is 10.3 Å². The number of hydrogen-bond acceptors (Lipinski definition) is 4. The summed E-state index contributed by atoms with van der Waals surface area (Å²) in [6, 6.07) is 5.36. The highest BCUT2D eigenvalue weighted by Gasteiger charge is 2.15. The summed E-state index contributed by atoms with van der Waals surface area (Å²) in [7, 11) is -4.04. The first-order valence-electron chi connectivity index (χ1n) is 5.60. The molecule has 0 atom stereocenters. The van der Waals surface area contributed by atoms with Gasteiger partial charge in [0.05, 0.1) is 10.6 Å². The van der Waals surface area contributed by atoms with Crippen molar-refractivity contribution in [3.8, 4) is 0 Å². The SMILES string of the molecule is NS(=O)(=O)c1ccc(F)c(NC(=O)c2ccc[nH]c2=O)c1. The number of nitrogens with one attached hydrogen (secondary N) is 2. The Morgan fingerprint density at radius 2 is 2.00 bits per heavy atom. The van der Waals surface area contributed by atoms with Gasteiger partial charge in [-0.25, -0.2) is 17.9 Å². The molecule has 2 aromatic rings. The molecule has 0 fully saturated rings. The number of carbonyl (C=O) groups excluding carboxylic acids is 1. The van der Waals surface area contributed by atoms with Gasteiger partial charge in [0.25, 0.3) is 11.5 Å². The van der Waals surface area contributed by atoms with Gasteiger partial charge in [-0.05, 0) is 30.3 Å². The van der Waals surface area contributed by atoms with Gasteiger partial charge in [0, 0.05) is 6.20 Å². The zero-order chi connectivity index (χ0) is 15.6. The topological polar surface area (TPSA) is 122 Å². The molecule has 110 valence electrons. The van der Waals surface area contributed by atoms with Crippen LogP contribution < -0.4 is 16.0 Å². The van der Waals surface area contributed by atoms with Crippen LogP contribution in [0.15, 0.2) is 46.2 Å². The van der Waals surface area contributed by atoms with Gasteiger partial charge in [-0.3, -0.25) is 9.59 Å². The molecule has 1 aromatic heterocycles. The highest BCUT2D eigenvalue weighted by Crippen LogP contribution is 2.19. The molecule has 0 aliphatic rings. The Morgan fingerprint density at radius 3 is 2.62 bits per heavy atom. The fraction of sp³-hybridized carbons (Fsp3) is 0. The number of primary sulfonamides is 1. The zero-order valence-electron chi connectivity index (χ0n) is 10.5. The third-order valence-electron chi connectivity index (χ3n) is 2.58. The largest absolute Gasteiger partial charge is 0.328 e. The van der Waals surface area contributed by atoms with Crippen LogP contribution >= 0.6 is 0 Å². The smallest absolute Gasteiger partial charge is 0.261 e. The van der Waals surface area contributed by atoms with E-state index in [4.69, 9.17) is 5.14 Å². The first kappa shape index (κ1) is 14.9. The first-order valence-corrected chi connectivity index (χ1v) is 7.15.